The summed E-state index contributed by atoms with van der Waals surface area (Å²) in [5, 5.41) is 3.56. The van der Waals surface area contributed by atoms with E-state index in [-0.39, 0.29) is 5.54 Å². The number of hydrogen-bond acceptors (Lipinski definition) is 2. The van der Waals surface area contributed by atoms with Gasteiger partial charge in [0.1, 0.15) is 0 Å². The molecule has 1 aliphatic heterocycles. The van der Waals surface area contributed by atoms with Gasteiger partial charge in [-0.05, 0) is 64.6 Å². The monoisotopic (exact) mass is 240 g/mol. The molecule has 1 aliphatic rings. The first-order valence-corrected chi connectivity index (χ1v) is 7.16. The second-order valence-electron chi connectivity index (χ2n) is 7.68. The summed E-state index contributed by atoms with van der Waals surface area (Å²) in [6, 6.07) is 0. The van der Waals surface area contributed by atoms with Gasteiger partial charge in [-0.15, -0.1) is 0 Å². The molecule has 2 nitrogen and oxygen atoms in total. The van der Waals surface area contributed by atoms with Crippen molar-refractivity contribution >= 4 is 0 Å². The van der Waals surface area contributed by atoms with Gasteiger partial charge in [-0.2, -0.15) is 0 Å². The lowest BCUT2D eigenvalue weighted by molar-refractivity contribution is 0.227. The molecule has 102 valence electrons. The van der Waals surface area contributed by atoms with Crippen molar-refractivity contribution in [3.05, 3.63) is 0 Å². The fraction of sp³-hybridized carbons (Fsp3) is 1.00. The maximum absolute atomic E-state index is 3.56. The van der Waals surface area contributed by atoms with Gasteiger partial charge in [0.05, 0.1) is 0 Å². The van der Waals surface area contributed by atoms with E-state index >= 15 is 0 Å². The highest BCUT2D eigenvalue weighted by molar-refractivity contribution is 4.83. The molecule has 2 heteroatoms. The predicted octanol–water partition coefficient (Wildman–Crippen LogP) is 3.13. The van der Waals surface area contributed by atoms with Crippen LogP contribution in [0, 0.1) is 11.3 Å². The molecular weight excluding hydrogens is 208 g/mol. The number of likely N-dealkylation sites (tertiary alicyclic amines) is 1. The lowest BCUT2D eigenvalue weighted by Crippen LogP contribution is -2.37. The average Bonchev–Trinajstić information content (AvgIpc) is 2.58. The van der Waals surface area contributed by atoms with E-state index in [1.807, 2.05) is 0 Å². The fourth-order valence-corrected chi connectivity index (χ4v) is 2.51. The zero-order valence-corrected chi connectivity index (χ0v) is 12.8. The SMILES string of the molecule is CC(C)(C)NCCCN1CCC(C(C)(C)C)C1. The van der Waals surface area contributed by atoms with Crippen LogP contribution < -0.4 is 5.32 Å². The van der Waals surface area contributed by atoms with Crippen molar-refractivity contribution in [3.8, 4) is 0 Å². The first kappa shape index (κ1) is 15.0. The van der Waals surface area contributed by atoms with Crippen molar-refractivity contribution in [1.82, 2.24) is 10.2 Å². The normalized spacial score (nSPS) is 23.3. The third kappa shape index (κ3) is 5.87. The van der Waals surface area contributed by atoms with Crippen LogP contribution >= 0.6 is 0 Å². The maximum atomic E-state index is 3.56. The third-order valence-electron chi connectivity index (χ3n) is 3.80. The van der Waals surface area contributed by atoms with Gasteiger partial charge in [0.25, 0.3) is 0 Å². The molecule has 0 aromatic rings. The Hall–Kier alpha value is -0.0800. The molecule has 1 unspecified atom stereocenters. The molecule has 17 heavy (non-hydrogen) atoms. The Kier molecular flexibility index (Phi) is 5.03. The van der Waals surface area contributed by atoms with Gasteiger partial charge in [0.15, 0.2) is 0 Å². The van der Waals surface area contributed by atoms with E-state index in [1.165, 1.54) is 32.5 Å². The smallest absolute Gasteiger partial charge is 0.00965 e. The van der Waals surface area contributed by atoms with Crippen LogP contribution in [0.3, 0.4) is 0 Å². The minimum Gasteiger partial charge on any atom is -0.312 e. The first-order chi connectivity index (χ1) is 7.68. The molecule has 1 N–H and O–H groups in total. The average molecular weight is 240 g/mol. The third-order valence-corrected chi connectivity index (χ3v) is 3.80. The highest BCUT2D eigenvalue weighted by Gasteiger charge is 2.31. The Bertz CT molecular complexity index is 222. The molecule has 0 radical (unpaired) electrons. The van der Waals surface area contributed by atoms with Gasteiger partial charge in [0, 0.05) is 12.1 Å². The van der Waals surface area contributed by atoms with Crippen LogP contribution in [0.2, 0.25) is 0 Å². The minimum atomic E-state index is 0.263. The lowest BCUT2D eigenvalue weighted by atomic mass is 9.80. The zero-order valence-electron chi connectivity index (χ0n) is 12.8. The highest BCUT2D eigenvalue weighted by Crippen LogP contribution is 2.33. The Balaban J connectivity index is 2.15. The Morgan fingerprint density at radius 2 is 1.76 bits per heavy atom. The summed E-state index contributed by atoms with van der Waals surface area (Å²) in [7, 11) is 0. The van der Waals surface area contributed by atoms with Gasteiger partial charge in [0.2, 0.25) is 0 Å². The number of nitrogens with one attached hydrogen (secondary N) is 1. The van der Waals surface area contributed by atoms with Crippen molar-refractivity contribution in [2.45, 2.75) is 59.9 Å². The van der Waals surface area contributed by atoms with Crippen molar-refractivity contribution in [2.75, 3.05) is 26.2 Å². The highest BCUT2D eigenvalue weighted by atomic mass is 15.1. The Labute approximate surface area is 108 Å². The van der Waals surface area contributed by atoms with Crippen LogP contribution in [-0.4, -0.2) is 36.6 Å². The van der Waals surface area contributed by atoms with Crippen LogP contribution in [-0.2, 0) is 0 Å². The molecule has 0 saturated carbocycles. The summed E-state index contributed by atoms with van der Waals surface area (Å²) in [6.45, 7) is 18.8. The van der Waals surface area contributed by atoms with Crippen molar-refractivity contribution in [3.63, 3.8) is 0 Å². The topological polar surface area (TPSA) is 15.3 Å². The first-order valence-electron chi connectivity index (χ1n) is 7.16. The maximum Gasteiger partial charge on any atom is 0.00965 e. The Morgan fingerprint density at radius 3 is 2.24 bits per heavy atom. The van der Waals surface area contributed by atoms with Gasteiger partial charge < -0.3 is 10.2 Å². The largest absolute Gasteiger partial charge is 0.312 e. The van der Waals surface area contributed by atoms with E-state index in [0.717, 1.165) is 12.5 Å². The molecule has 1 heterocycles. The van der Waals surface area contributed by atoms with E-state index in [2.05, 4.69) is 51.8 Å². The molecule has 0 aromatic carbocycles. The summed E-state index contributed by atoms with van der Waals surface area (Å²) in [4.78, 5) is 2.64. The Morgan fingerprint density at radius 1 is 1.12 bits per heavy atom. The van der Waals surface area contributed by atoms with Crippen molar-refractivity contribution in [1.29, 1.82) is 0 Å². The van der Waals surface area contributed by atoms with E-state index in [1.54, 1.807) is 0 Å². The quantitative estimate of drug-likeness (QED) is 0.760. The van der Waals surface area contributed by atoms with Gasteiger partial charge in [-0.3, -0.25) is 0 Å². The summed E-state index contributed by atoms with van der Waals surface area (Å²) in [6.07, 6.45) is 2.66. The lowest BCUT2D eigenvalue weighted by Gasteiger charge is -2.27. The molecular formula is C15H32N2. The van der Waals surface area contributed by atoms with Crippen LogP contribution in [0.15, 0.2) is 0 Å². The standard InChI is InChI=1S/C15H32N2/c1-14(2,3)13-8-11-17(12-13)10-7-9-16-15(4,5)6/h13,16H,7-12H2,1-6H3. The van der Waals surface area contributed by atoms with Crippen LogP contribution in [0.25, 0.3) is 0 Å². The molecule has 0 amide bonds. The van der Waals surface area contributed by atoms with E-state index in [4.69, 9.17) is 0 Å². The molecule has 0 aliphatic carbocycles. The second-order valence-corrected chi connectivity index (χ2v) is 7.68. The van der Waals surface area contributed by atoms with Crippen LogP contribution in [0.1, 0.15) is 54.4 Å². The van der Waals surface area contributed by atoms with Crippen LogP contribution in [0.5, 0.6) is 0 Å². The molecule has 0 bridgehead atoms. The minimum absolute atomic E-state index is 0.263. The number of hydrogen-bond donors (Lipinski definition) is 1. The number of nitrogens with zero attached hydrogens (tertiary/aromatic N) is 1. The van der Waals surface area contributed by atoms with E-state index < -0.39 is 0 Å². The zero-order chi connectivity index (χ0) is 13.1. The van der Waals surface area contributed by atoms with Gasteiger partial charge >= 0.3 is 0 Å². The summed E-state index contributed by atoms with van der Waals surface area (Å²) >= 11 is 0. The summed E-state index contributed by atoms with van der Waals surface area (Å²) < 4.78 is 0. The second kappa shape index (κ2) is 5.71. The number of rotatable bonds is 4. The van der Waals surface area contributed by atoms with E-state index in [9.17, 15) is 0 Å². The molecule has 1 rings (SSSR count). The molecule has 0 aromatic heterocycles. The van der Waals surface area contributed by atoms with Gasteiger partial charge in [-0.25, -0.2) is 0 Å². The summed E-state index contributed by atoms with van der Waals surface area (Å²) in [5.41, 5.74) is 0.747. The molecule has 1 fully saturated rings. The molecule has 1 saturated heterocycles. The van der Waals surface area contributed by atoms with Crippen LogP contribution in [0.4, 0.5) is 0 Å². The summed E-state index contributed by atoms with van der Waals surface area (Å²) in [5.74, 6) is 0.887. The fourth-order valence-electron chi connectivity index (χ4n) is 2.51. The predicted molar refractivity (Wildman–Crippen MR) is 76.4 cm³/mol. The molecule has 1 atom stereocenters. The van der Waals surface area contributed by atoms with Gasteiger partial charge in [-0.1, -0.05) is 20.8 Å². The van der Waals surface area contributed by atoms with Crippen molar-refractivity contribution in [2.24, 2.45) is 11.3 Å². The molecule has 0 spiro atoms. The van der Waals surface area contributed by atoms with Crippen molar-refractivity contribution < 1.29 is 0 Å². The van der Waals surface area contributed by atoms with E-state index in [0.29, 0.717) is 5.41 Å².